The number of aliphatic hydroxyl groups is 1. The first-order chi connectivity index (χ1) is 17.0. The number of carbonyl (C=O) groups excluding carboxylic acids is 1. The molecule has 3 atom stereocenters. The third-order valence-electron chi connectivity index (χ3n) is 8.77. The highest BCUT2D eigenvalue weighted by Gasteiger charge is 2.72. The van der Waals surface area contributed by atoms with Crippen molar-refractivity contribution in [3.8, 4) is 0 Å². The maximum atomic E-state index is 13.9. The van der Waals surface area contributed by atoms with Crippen LogP contribution in [0.25, 0.3) is 43.6 Å². The van der Waals surface area contributed by atoms with Gasteiger partial charge in [0.25, 0.3) is 11.8 Å². The van der Waals surface area contributed by atoms with E-state index >= 15 is 0 Å². The third kappa shape index (κ3) is 1.78. The first-order valence-electron chi connectivity index (χ1n) is 12.3. The number of aromatic nitrogens is 2. The molecule has 7 nitrogen and oxygen atoms in total. The first-order valence-corrected chi connectivity index (χ1v) is 12.3. The van der Waals surface area contributed by atoms with Gasteiger partial charge in [0, 0.05) is 40.6 Å². The van der Waals surface area contributed by atoms with Crippen molar-refractivity contribution < 1.29 is 19.4 Å². The van der Waals surface area contributed by atoms with Crippen LogP contribution in [0.3, 0.4) is 0 Å². The molecule has 35 heavy (non-hydrogen) atoms. The number of ether oxygens (including phenoxy) is 2. The third-order valence-corrected chi connectivity index (χ3v) is 8.77. The minimum Gasteiger partial charge on any atom is -0.380 e. The zero-order chi connectivity index (χ0) is 23.4. The van der Waals surface area contributed by atoms with E-state index in [2.05, 4.69) is 47.2 Å². The van der Waals surface area contributed by atoms with Crippen molar-refractivity contribution in [1.29, 1.82) is 0 Å². The van der Waals surface area contributed by atoms with Crippen LogP contribution in [-0.4, -0.2) is 43.3 Å². The molecule has 5 aromatic rings. The second kappa shape index (κ2) is 5.54. The predicted molar refractivity (Wildman–Crippen MR) is 131 cm³/mol. The Kier molecular flexibility index (Phi) is 2.99. The zero-order valence-electron chi connectivity index (χ0n) is 19.4. The number of fused-ring (bicyclic) bond motifs is 11. The summed E-state index contributed by atoms with van der Waals surface area (Å²) < 4.78 is 17.2. The summed E-state index contributed by atoms with van der Waals surface area (Å²) in [5.74, 6) is -1.19. The average molecular weight is 466 g/mol. The molecule has 2 bridgehead atoms. The molecule has 7 heteroatoms. The molecule has 4 aliphatic heterocycles. The summed E-state index contributed by atoms with van der Waals surface area (Å²) in [5, 5.41) is 15.9. The lowest BCUT2D eigenvalue weighted by Gasteiger charge is -2.49. The second-order valence-corrected chi connectivity index (χ2v) is 10.7. The van der Waals surface area contributed by atoms with Gasteiger partial charge in [0.15, 0.2) is 5.60 Å². The van der Waals surface area contributed by atoms with Crippen LogP contribution in [0.2, 0.25) is 0 Å². The Morgan fingerprint density at radius 3 is 2.43 bits per heavy atom. The highest BCUT2D eigenvalue weighted by molar-refractivity contribution is 6.31. The minimum absolute atomic E-state index is 0.0847. The van der Waals surface area contributed by atoms with Gasteiger partial charge < -0.3 is 24.0 Å². The van der Waals surface area contributed by atoms with Crippen molar-refractivity contribution >= 4 is 49.5 Å². The van der Waals surface area contributed by atoms with Crippen LogP contribution >= 0.6 is 0 Å². The Morgan fingerprint density at radius 1 is 1.00 bits per heavy atom. The van der Waals surface area contributed by atoms with Gasteiger partial charge in [0.05, 0.1) is 34.2 Å². The summed E-state index contributed by atoms with van der Waals surface area (Å²) in [7, 11) is 0. The Labute approximate surface area is 200 Å². The number of nitrogens with zero attached hydrogens (tertiary/aromatic N) is 3. The highest BCUT2D eigenvalue weighted by atomic mass is 16.8. The molecule has 0 aliphatic carbocycles. The molecule has 2 fully saturated rings. The van der Waals surface area contributed by atoms with Crippen LogP contribution in [0.1, 0.15) is 42.4 Å². The number of hydrogen-bond donors (Lipinski definition) is 1. The van der Waals surface area contributed by atoms with E-state index in [0.717, 1.165) is 54.7 Å². The molecule has 0 unspecified atom stereocenters. The molecule has 1 amide bonds. The van der Waals surface area contributed by atoms with Crippen molar-refractivity contribution in [2.45, 2.75) is 50.6 Å². The number of benzene rings is 3. The van der Waals surface area contributed by atoms with Gasteiger partial charge in [-0.3, -0.25) is 9.36 Å². The van der Waals surface area contributed by atoms with E-state index in [4.69, 9.17) is 9.47 Å². The van der Waals surface area contributed by atoms with Gasteiger partial charge >= 0.3 is 0 Å². The van der Waals surface area contributed by atoms with E-state index in [1.54, 1.807) is 0 Å². The number of rotatable bonds is 1. The predicted octanol–water partition coefficient (Wildman–Crippen LogP) is 4.57. The topological polar surface area (TPSA) is 68.9 Å². The molecular weight excluding hydrogens is 442 g/mol. The average Bonchev–Trinajstić information content (AvgIpc) is 3.50. The van der Waals surface area contributed by atoms with Crippen LogP contribution in [0, 0.1) is 0 Å². The maximum absolute atomic E-state index is 13.9. The summed E-state index contributed by atoms with van der Waals surface area (Å²) in [4.78, 5) is 15.9. The summed E-state index contributed by atoms with van der Waals surface area (Å²) >= 11 is 0. The first kappa shape index (κ1) is 18.9. The van der Waals surface area contributed by atoms with Crippen molar-refractivity contribution in [3.05, 3.63) is 59.7 Å². The molecule has 1 N–H and O–H groups in total. The van der Waals surface area contributed by atoms with Gasteiger partial charge in [0.2, 0.25) is 0 Å². The minimum atomic E-state index is -1.28. The van der Waals surface area contributed by atoms with Crippen LogP contribution < -0.4 is 0 Å². The quantitative estimate of drug-likeness (QED) is 0.394. The smallest absolute Gasteiger partial charge is 0.291 e. The maximum Gasteiger partial charge on any atom is 0.291 e. The highest BCUT2D eigenvalue weighted by Crippen LogP contribution is 2.62. The molecule has 6 heterocycles. The molecule has 9 rings (SSSR count). The fourth-order valence-corrected chi connectivity index (χ4v) is 7.27. The van der Waals surface area contributed by atoms with E-state index < -0.39 is 17.7 Å². The molecule has 2 aromatic heterocycles. The number of para-hydroxylation sites is 2. The van der Waals surface area contributed by atoms with Crippen LogP contribution in [0.4, 0.5) is 0 Å². The van der Waals surface area contributed by atoms with Gasteiger partial charge in [0.1, 0.15) is 6.23 Å². The van der Waals surface area contributed by atoms with E-state index in [0.29, 0.717) is 13.0 Å². The molecule has 4 aliphatic rings. The summed E-state index contributed by atoms with van der Waals surface area (Å²) in [5.41, 5.74) is 4.67. The summed E-state index contributed by atoms with van der Waals surface area (Å²) in [6.07, 6.45) is 0.0275. The Hall–Kier alpha value is -3.39. The van der Waals surface area contributed by atoms with E-state index in [1.165, 1.54) is 0 Å². The Morgan fingerprint density at radius 2 is 1.71 bits per heavy atom. The fourth-order valence-electron chi connectivity index (χ4n) is 7.27. The van der Waals surface area contributed by atoms with Gasteiger partial charge in [-0.25, -0.2) is 0 Å². The van der Waals surface area contributed by atoms with Crippen LogP contribution in [-0.2, 0) is 21.9 Å². The van der Waals surface area contributed by atoms with Crippen molar-refractivity contribution in [3.63, 3.8) is 0 Å². The van der Waals surface area contributed by atoms with Crippen LogP contribution in [0.15, 0.2) is 48.5 Å². The largest absolute Gasteiger partial charge is 0.380 e. The molecule has 174 valence electrons. The van der Waals surface area contributed by atoms with Gasteiger partial charge in [-0.1, -0.05) is 36.4 Å². The van der Waals surface area contributed by atoms with E-state index in [1.807, 2.05) is 29.2 Å². The normalized spacial score (nSPS) is 28.6. The van der Waals surface area contributed by atoms with E-state index in [-0.39, 0.29) is 18.6 Å². The van der Waals surface area contributed by atoms with Gasteiger partial charge in [-0.2, -0.15) is 0 Å². The van der Waals surface area contributed by atoms with Gasteiger partial charge in [-0.05, 0) is 31.5 Å². The second-order valence-electron chi connectivity index (χ2n) is 10.7. The lowest BCUT2D eigenvalue weighted by Crippen LogP contribution is -2.66. The van der Waals surface area contributed by atoms with Crippen molar-refractivity contribution in [1.82, 2.24) is 14.0 Å². The number of hydrogen-bond acceptors (Lipinski definition) is 4. The van der Waals surface area contributed by atoms with E-state index in [9.17, 15) is 9.90 Å². The molecule has 2 saturated heterocycles. The zero-order valence-corrected chi connectivity index (χ0v) is 19.4. The molecule has 1 spiro atoms. The van der Waals surface area contributed by atoms with Crippen molar-refractivity contribution in [2.24, 2.45) is 0 Å². The molecule has 0 radical (unpaired) electrons. The number of amides is 1. The fraction of sp³-hybridized carbons (Fsp3) is 0.321. The Balaban J connectivity index is 1.63. The Bertz CT molecular complexity index is 1830. The standard InChI is InChI=1S/C28H23N3O4/c1-14(2)29-12-17-21-16-8-4-6-10-19(16)31-25(21)24-22(23(17)26(29)32)15-7-3-5-9-18(15)30(24)20-11-27(33)13-34-28(27,31)35-20/h3-10,14,20,33H,11-13H2,1-2H3/t20-,27+,28+/m1/s1. The molecular formula is C28H23N3O4. The molecule has 3 aromatic carbocycles. The van der Waals surface area contributed by atoms with Crippen molar-refractivity contribution in [2.75, 3.05) is 6.61 Å². The monoisotopic (exact) mass is 465 g/mol. The van der Waals surface area contributed by atoms with Gasteiger partial charge in [-0.15, -0.1) is 0 Å². The lowest BCUT2D eigenvalue weighted by atomic mass is 9.91. The lowest BCUT2D eigenvalue weighted by molar-refractivity contribution is -0.428. The number of carbonyl (C=O) groups is 1. The summed E-state index contributed by atoms with van der Waals surface area (Å²) in [6.45, 7) is 4.94. The molecule has 0 saturated carbocycles. The summed E-state index contributed by atoms with van der Waals surface area (Å²) in [6, 6.07) is 16.6. The SMILES string of the molecule is CC(C)N1Cc2c(c3c4ccccc4n4c3c3c2c2ccccc2n3[C@]23OC[C@@]2(O)C[C@H]4O3)C1=O. The van der Waals surface area contributed by atoms with Crippen LogP contribution in [0.5, 0.6) is 0 Å².